The number of rotatable bonds is 5. The lowest BCUT2D eigenvalue weighted by Crippen LogP contribution is -2.31. The standard InChI is InChI=1S/C18H17ClN2O4/c1-12(22)21(15-5-6-16-17(10-15)25-11-24-16)8-7-18(23)20-14-4-2-3-13(19)9-14/h2-6,9-10H,7-8,11H2,1H3,(H,20,23). The SMILES string of the molecule is CC(=O)N(CCC(=O)Nc1cccc(Cl)c1)c1ccc2c(c1)OCO2. The van der Waals surface area contributed by atoms with Gasteiger partial charge >= 0.3 is 0 Å². The van der Waals surface area contributed by atoms with E-state index in [-0.39, 0.29) is 31.6 Å². The molecule has 1 aliphatic rings. The molecule has 0 fully saturated rings. The summed E-state index contributed by atoms with van der Waals surface area (Å²) in [6, 6.07) is 12.2. The summed E-state index contributed by atoms with van der Waals surface area (Å²) >= 11 is 5.90. The highest BCUT2D eigenvalue weighted by Crippen LogP contribution is 2.35. The van der Waals surface area contributed by atoms with Crippen molar-refractivity contribution in [2.45, 2.75) is 13.3 Å². The minimum atomic E-state index is -0.200. The molecular formula is C18H17ClN2O4. The van der Waals surface area contributed by atoms with E-state index in [0.29, 0.717) is 27.9 Å². The molecular weight excluding hydrogens is 344 g/mol. The highest BCUT2D eigenvalue weighted by molar-refractivity contribution is 6.30. The lowest BCUT2D eigenvalue weighted by Gasteiger charge is -2.21. The number of halogens is 1. The van der Waals surface area contributed by atoms with Crippen LogP contribution in [0.5, 0.6) is 11.5 Å². The maximum atomic E-state index is 12.1. The fourth-order valence-electron chi connectivity index (χ4n) is 2.52. The van der Waals surface area contributed by atoms with Crippen LogP contribution < -0.4 is 19.7 Å². The molecule has 0 bridgehead atoms. The predicted molar refractivity (Wildman–Crippen MR) is 95.3 cm³/mol. The number of nitrogens with zero attached hydrogens (tertiary/aromatic N) is 1. The Morgan fingerprint density at radius 1 is 1.16 bits per heavy atom. The molecule has 0 saturated heterocycles. The molecule has 0 aromatic heterocycles. The van der Waals surface area contributed by atoms with Gasteiger partial charge in [0.2, 0.25) is 18.6 Å². The van der Waals surface area contributed by atoms with Crippen LogP contribution in [-0.2, 0) is 9.59 Å². The van der Waals surface area contributed by atoms with Gasteiger partial charge in [-0.2, -0.15) is 0 Å². The van der Waals surface area contributed by atoms with Crippen LogP contribution in [0.3, 0.4) is 0 Å². The van der Waals surface area contributed by atoms with Crippen LogP contribution in [0.1, 0.15) is 13.3 Å². The highest BCUT2D eigenvalue weighted by atomic mass is 35.5. The van der Waals surface area contributed by atoms with Crippen LogP contribution in [0.25, 0.3) is 0 Å². The topological polar surface area (TPSA) is 67.9 Å². The van der Waals surface area contributed by atoms with Gasteiger partial charge in [0.1, 0.15) is 0 Å². The van der Waals surface area contributed by atoms with E-state index < -0.39 is 0 Å². The van der Waals surface area contributed by atoms with E-state index in [9.17, 15) is 9.59 Å². The first-order valence-electron chi connectivity index (χ1n) is 7.76. The Balaban J connectivity index is 1.64. The fourth-order valence-corrected chi connectivity index (χ4v) is 2.71. The van der Waals surface area contributed by atoms with Gasteiger partial charge in [-0.05, 0) is 30.3 Å². The third-order valence-corrected chi connectivity index (χ3v) is 3.95. The Hall–Kier alpha value is -2.73. The Morgan fingerprint density at radius 2 is 1.96 bits per heavy atom. The number of carbonyl (C=O) groups excluding carboxylic acids is 2. The van der Waals surface area contributed by atoms with E-state index in [0.717, 1.165) is 0 Å². The number of ether oxygens (including phenoxy) is 2. The molecule has 0 spiro atoms. The van der Waals surface area contributed by atoms with Gasteiger partial charge in [0.05, 0.1) is 0 Å². The zero-order valence-corrected chi connectivity index (χ0v) is 14.4. The number of carbonyl (C=O) groups is 2. The van der Waals surface area contributed by atoms with Gasteiger partial charge in [-0.3, -0.25) is 9.59 Å². The summed E-state index contributed by atoms with van der Waals surface area (Å²) in [5.41, 5.74) is 1.28. The first kappa shape index (κ1) is 17.1. The van der Waals surface area contributed by atoms with E-state index >= 15 is 0 Å². The fraction of sp³-hybridized carbons (Fsp3) is 0.222. The van der Waals surface area contributed by atoms with Crippen molar-refractivity contribution in [2.24, 2.45) is 0 Å². The Kier molecular flexibility index (Phi) is 5.09. The normalized spacial score (nSPS) is 11.9. The van der Waals surface area contributed by atoms with E-state index in [1.807, 2.05) is 0 Å². The van der Waals surface area contributed by atoms with Crippen LogP contribution >= 0.6 is 11.6 Å². The second kappa shape index (κ2) is 7.44. The zero-order chi connectivity index (χ0) is 17.8. The van der Waals surface area contributed by atoms with Crippen molar-refractivity contribution in [3.8, 4) is 11.5 Å². The van der Waals surface area contributed by atoms with Crippen molar-refractivity contribution in [1.29, 1.82) is 0 Å². The van der Waals surface area contributed by atoms with Gasteiger partial charge in [-0.1, -0.05) is 17.7 Å². The summed E-state index contributed by atoms with van der Waals surface area (Å²) in [6.45, 7) is 1.88. The first-order chi connectivity index (χ1) is 12.0. The molecule has 3 rings (SSSR count). The van der Waals surface area contributed by atoms with E-state index in [1.54, 1.807) is 42.5 Å². The van der Waals surface area contributed by atoms with Crippen molar-refractivity contribution < 1.29 is 19.1 Å². The molecule has 2 amide bonds. The van der Waals surface area contributed by atoms with E-state index in [4.69, 9.17) is 21.1 Å². The molecule has 25 heavy (non-hydrogen) atoms. The predicted octanol–water partition coefficient (Wildman–Crippen LogP) is 3.45. The van der Waals surface area contributed by atoms with Crippen LogP contribution in [0.2, 0.25) is 5.02 Å². The zero-order valence-electron chi connectivity index (χ0n) is 13.6. The Labute approximate surface area is 150 Å². The number of benzene rings is 2. The van der Waals surface area contributed by atoms with E-state index in [1.165, 1.54) is 11.8 Å². The average Bonchev–Trinajstić information content (AvgIpc) is 3.02. The highest BCUT2D eigenvalue weighted by Gasteiger charge is 2.19. The third-order valence-electron chi connectivity index (χ3n) is 3.72. The lowest BCUT2D eigenvalue weighted by molar-refractivity contribution is -0.117. The van der Waals surface area contributed by atoms with Crippen molar-refractivity contribution >= 4 is 34.8 Å². The van der Waals surface area contributed by atoms with Gasteiger partial charge in [-0.15, -0.1) is 0 Å². The molecule has 1 N–H and O–H groups in total. The van der Waals surface area contributed by atoms with Crippen LogP contribution in [0, 0.1) is 0 Å². The number of nitrogens with one attached hydrogen (secondary N) is 1. The Bertz CT molecular complexity index is 809. The van der Waals surface area contributed by atoms with Crippen molar-refractivity contribution in [3.63, 3.8) is 0 Å². The maximum absolute atomic E-state index is 12.1. The van der Waals surface area contributed by atoms with Crippen molar-refractivity contribution in [1.82, 2.24) is 0 Å². The molecule has 0 atom stereocenters. The maximum Gasteiger partial charge on any atom is 0.231 e. The smallest absolute Gasteiger partial charge is 0.231 e. The molecule has 0 saturated carbocycles. The minimum absolute atomic E-state index is 0.153. The number of hydrogen-bond acceptors (Lipinski definition) is 4. The summed E-state index contributed by atoms with van der Waals surface area (Å²) in [6.07, 6.45) is 0.153. The summed E-state index contributed by atoms with van der Waals surface area (Å²) in [5.74, 6) is 0.877. The number of anilines is 2. The third kappa shape index (κ3) is 4.22. The van der Waals surface area contributed by atoms with Gasteiger partial charge in [0, 0.05) is 42.4 Å². The van der Waals surface area contributed by atoms with Crippen LogP contribution in [0.4, 0.5) is 11.4 Å². The second-order valence-corrected chi connectivity index (χ2v) is 5.95. The van der Waals surface area contributed by atoms with Crippen molar-refractivity contribution in [3.05, 3.63) is 47.5 Å². The van der Waals surface area contributed by atoms with E-state index in [2.05, 4.69) is 5.32 Å². The summed E-state index contributed by atoms with van der Waals surface area (Å²) < 4.78 is 10.6. The monoisotopic (exact) mass is 360 g/mol. The number of hydrogen-bond donors (Lipinski definition) is 1. The van der Waals surface area contributed by atoms with Crippen LogP contribution in [0.15, 0.2) is 42.5 Å². The molecule has 7 heteroatoms. The molecule has 1 heterocycles. The second-order valence-electron chi connectivity index (χ2n) is 5.52. The van der Waals surface area contributed by atoms with Gasteiger partial charge in [-0.25, -0.2) is 0 Å². The molecule has 0 aliphatic carbocycles. The molecule has 1 aliphatic heterocycles. The van der Waals surface area contributed by atoms with Crippen LogP contribution in [-0.4, -0.2) is 25.2 Å². The minimum Gasteiger partial charge on any atom is -0.454 e. The van der Waals surface area contributed by atoms with Gasteiger partial charge in [0.15, 0.2) is 11.5 Å². The van der Waals surface area contributed by atoms with Gasteiger partial charge in [0.25, 0.3) is 0 Å². The van der Waals surface area contributed by atoms with Crippen molar-refractivity contribution in [2.75, 3.05) is 23.6 Å². The average molecular weight is 361 g/mol. The molecule has 2 aromatic rings. The molecule has 2 aromatic carbocycles. The summed E-state index contributed by atoms with van der Waals surface area (Å²) in [5, 5.41) is 3.31. The molecule has 6 nitrogen and oxygen atoms in total. The quantitative estimate of drug-likeness (QED) is 0.886. The Morgan fingerprint density at radius 3 is 2.72 bits per heavy atom. The lowest BCUT2D eigenvalue weighted by atomic mass is 10.2. The number of fused-ring (bicyclic) bond motifs is 1. The number of amides is 2. The molecule has 0 unspecified atom stereocenters. The molecule has 0 radical (unpaired) electrons. The summed E-state index contributed by atoms with van der Waals surface area (Å²) in [7, 11) is 0. The van der Waals surface area contributed by atoms with Gasteiger partial charge < -0.3 is 19.7 Å². The summed E-state index contributed by atoms with van der Waals surface area (Å²) in [4.78, 5) is 25.6. The largest absolute Gasteiger partial charge is 0.454 e. The first-order valence-corrected chi connectivity index (χ1v) is 8.14. The molecule has 130 valence electrons.